The van der Waals surface area contributed by atoms with Crippen LogP contribution in [-0.2, 0) is 5.41 Å². The van der Waals surface area contributed by atoms with E-state index in [-0.39, 0.29) is 11.3 Å². The number of piperidine rings is 1. The van der Waals surface area contributed by atoms with Crippen molar-refractivity contribution in [2.45, 2.75) is 39.0 Å². The summed E-state index contributed by atoms with van der Waals surface area (Å²) in [6.45, 7) is 9.41. The van der Waals surface area contributed by atoms with Crippen molar-refractivity contribution < 1.29 is 4.79 Å². The number of anilines is 2. The van der Waals surface area contributed by atoms with Crippen LogP contribution in [0.2, 0.25) is 0 Å². The molecule has 2 aromatic rings. The van der Waals surface area contributed by atoms with Crippen molar-refractivity contribution in [1.82, 2.24) is 20.2 Å². The van der Waals surface area contributed by atoms with E-state index in [1.807, 2.05) is 19.2 Å². The first-order chi connectivity index (χ1) is 13.3. The Balaban J connectivity index is 1.58. The number of carbonyl (C=O) groups is 1. The Morgan fingerprint density at radius 1 is 1.14 bits per heavy atom. The first-order valence-corrected chi connectivity index (χ1v) is 9.99. The Kier molecular flexibility index (Phi) is 6.29. The van der Waals surface area contributed by atoms with E-state index in [9.17, 15) is 4.79 Å². The number of benzene rings is 1. The number of hydrogen-bond acceptors (Lipinski definition) is 5. The molecule has 0 atom stereocenters. The van der Waals surface area contributed by atoms with Gasteiger partial charge in [-0.2, -0.15) is 0 Å². The fourth-order valence-electron chi connectivity index (χ4n) is 3.43. The molecule has 150 valence electrons. The quantitative estimate of drug-likeness (QED) is 0.828. The number of nitrogens with zero attached hydrogens (tertiary/aromatic N) is 3. The van der Waals surface area contributed by atoms with Gasteiger partial charge in [0.25, 0.3) is 5.91 Å². The van der Waals surface area contributed by atoms with E-state index in [1.54, 1.807) is 17.3 Å². The first kappa shape index (κ1) is 20.3. The molecule has 1 amide bonds. The third kappa shape index (κ3) is 5.29. The maximum Gasteiger partial charge on any atom is 0.273 e. The minimum absolute atomic E-state index is 0.0767. The van der Waals surface area contributed by atoms with Gasteiger partial charge in [-0.1, -0.05) is 32.9 Å². The van der Waals surface area contributed by atoms with Crippen LogP contribution in [0.4, 0.5) is 11.5 Å². The van der Waals surface area contributed by atoms with Gasteiger partial charge in [-0.05, 0) is 55.0 Å². The number of hydrogen-bond donors (Lipinski definition) is 2. The van der Waals surface area contributed by atoms with Gasteiger partial charge in [0.1, 0.15) is 11.5 Å². The van der Waals surface area contributed by atoms with Gasteiger partial charge in [0.15, 0.2) is 0 Å². The number of rotatable bonds is 5. The molecule has 1 aliphatic heterocycles. The lowest BCUT2D eigenvalue weighted by atomic mass is 9.87. The summed E-state index contributed by atoms with van der Waals surface area (Å²) in [5, 5.41) is 6.59. The lowest BCUT2D eigenvalue weighted by Crippen LogP contribution is -2.37. The zero-order valence-electron chi connectivity index (χ0n) is 17.3. The second kappa shape index (κ2) is 8.69. The topological polar surface area (TPSA) is 70.2 Å². The fourth-order valence-corrected chi connectivity index (χ4v) is 3.43. The molecule has 2 heterocycles. The third-order valence-corrected chi connectivity index (χ3v) is 5.23. The van der Waals surface area contributed by atoms with Crippen LogP contribution in [0.1, 0.15) is 49.7 Å². The number of nitrogens with one attached hydrogen (secondary N) is 2. The average Bonchev–Trinajstić information content (AvgIpc) is 2.68. The lowest BCUT2D eigenvalue weighted by Gasteiger charge is -2.27. The second-order valence-electron chi connectivity index (χ2n) is 8.62. The minimum atomic E-state index is -0.0767. The molecule has 0 unspecified atom stereocenters. The van der Waals surface area contributed by atoms with Crippen molar-refractivity contribution in [3.05, 3.63) is 47.9 Å². The van der Waals surface area contributed by atoms with Gasteiger partial charge in [-0.25, -0.2) is 9.97 Å². The molecule has 6 heteroatoms. The highest BCUT2D eigenvalue weighted by Gasteiger charge is 2.20. The van der Waals surface area contributed by atoms with Crippen LogP contribution in [-0.4, -0.2) is 47.5 Å². The van der Waals surface area contributed by atoms with E-state index in [0.717, 1.165) is 38.2 Å². The molecule has 1 fully saturated rings. The maximum absolute atomic E-state index is 12.6. The molecule has 1 saturated heterocycles. The van der Waals surface area contributed by atoms with Gasteiger partial charge in [0.05, 0.1) is 12.4 Å². The summed E-state index contributed by atoms with van der Waals surface area (Å²) in [5.41, 5.74) is 2.73. The lowest BCUT2D eigenvalue weighted by molar-refractivity contribution is 0.0756. The summed E-state index contributed by atoms with van der Waals surface area (Å²) in [5.74, 6) is 1.10. The summed E-state index contributed by atoms with van der Waals surface area (Å²) in [7, 11) is 1.84. The summed E-state index contributed by atoms with van der Waals surface area (Å²) < 4.78 is 0. The van der Waals surface area contributed by atoms with Crippen molar-refractivity contribution in [2.24, 2.45) is 5.92 Å². The average molecular weight is 382 g/mol. The van der Waals surface area contributed by atoms with Gasteiger partial charge >= 0.3 is 0 Å². The molecule has 2 N–H and O–H groups in total. The van der Waals surface area contributed by atoms with Crippen LogP contribution in [0.5, 0.6) is 0 Å². The van der Waals surface area contributed by atoms with Gasteiger partial charge in [-0.3, -0.25) is 4.79 Å². The highest BCUT2D eigenvalue weighted by Crippen LogP contribution is 2.24. The molecule has 0 radical (unpaired) electrons. The Morgan fingerprint density at radius 2 is 1.82 bits per heavy atom. The molecule has 3 rings (SSSR count). The van der Waals surface area contributed by atoms with Crippen molar-refractivity contribution in [2.75, 3.05) is 32.0 Å². The molecular weight excluding hydrogens is 350 g/mol. The van der Waals surface area contributed by atoms with Crippen LogP contribution >= 0.6 is 0 Å². The predicted molar refractivity (Wildman–Crippen MR) is 113 cm³/mol. The standard InChI is InChI=1S/C22H31N5O/c1-22(2,3)17-5-7-18(8-6-17)26-20-14-24-19(13-25-20)21(28)27(4)15-16-9-11-23-12-10-16/h5-8,13-14,16,23H,9-12,15H2,1-4H3,(H,25,26). The number of amides is 1. The number of carbonyl (C=O) groups excluding carboxylic acids is 1. The van der Waals surface area contributed by atoms with Crippen molar-refractivity contribution in [3.8, 4) is 0 Å². The van der Waals surface area contributed by atoms with Crippen molar-refractivity contribution in [1.29, 1.82) is 0 Å². The molecule has 0 saturated carbocycles. The molecular formula is C22H31N5O. The zero-order chi connectivity index (χ0) is 20.1. The van der Waals surface area contributed by atoms with Crippen LogP contribution in [0.25, 0.3) is 0 Å². The SMILES string of the molecule is CN(CC1CCNCC1)C(=O)c1cnc(Nc2ccc(C(C)(C)C)cc2)cn1. The van der Waals surface area contributed by atoms with Crippen LogP contribution in [0.3, 0.4) is 0 Å². The predicted octanol–water partition coefficient (Wildman–Crippen LogP) is 3.59. The third-order valence-electron chi connectivity index (χ3n) is 5.23. The highest BCUT2D eigenvalue weighted by molar-refractivity contribution is 5.91. The second-order valence-corrected chi connectivity index (χ2v) is 8.62. The van der Waals surface area contributed by atoms with E-state index in [1.165, 1.54) is 5.56 Å². The molecule has 0 aliphatic carbocycles. The fraction of sp³-hybridized carbons (Fsp3) is 0.500. The Hall–Kier alpha value is -2.47. The van der Waals surface area contributed by atoms with E-state index in [4.69, 9.17) is 0 Å². The summed E-state index contributed by atoms with van der Waals surface area (Å²) in [6.07, 6.45) is 5.39. The largest absolute Gasteiger partial charge is 0.340 e. The molecule has 1 aromatic heterocycles. The molecule has 1 aromatic carbocycles. The van der Waals surface area contributed by atoms with Gasteiger partial charge in [0.2, 0.25) is 0 Å². The molecule has 1 aliphatic rings. The van der Waals surface area contributed by atoms with Crippen LogP contribution in [0.15, 0.2) is 36.7 Å². The van der Waals surface area contributed by atoms with E-state index < -0.39 is 0 Å². The van der Waals surface area contributed by atoms with Crippen molar-refractivity contribution in [3.63, 3.8) is 0 Å². The highest BCUT2D eigenvalue weighted by atomic mass is 16.2. The van der Waals surface area contributed by atoms with Crippen LogP contribution < -0.4 is 10.6 Å². The smallest absolute Gasteiger partial charge is 0.273 e. The Morgan fingerprint density at radius 3 is 2.39 bits per heavy atom. The Labute approximate surface area is 167 Å². The zero-order valence-corrected chi connectivity index (χ0v) is 17.3. The summed E-state index contributed by atoms with van der Waals surface area (Å²) in [6, 6.07) is 8.30. The summed E-state index contributed by atoms with van der Waals surface area (Å²) >= 11 is 0. The number of aromatic nitrogens is 2. The normalized spacial score (nSPS) is 15.3. The maximum atomic E-state index is 12.6. The molecule has 28 heavy (non-hydrogen) atoms. The molecule has 0 spiro atoms. The van der Waals surface area contributed by atoms with E-state index >= 15 is 0 Å². The monoisotopic (exact) mass is 381 g/mol. The van der Waals surface area contributed by atoms with Gasteiger partial charge in [-0.15, -0.1) is 0 Å². The Bertz CT molecular complexity index is 774. The van der Waals surface area contributed by atoms with E-state index in [0.29, 0.717) is 17.4 Å². The summed E-state index contributed by atoms with van der Waals surface area (Å²) in [4.78, 5) is 23.1. The molecule has 0 bridgehead atoms. The van der Waals surface area contributed by atoms with E-state index in [2.05, 4.69) is 53.5 Å². The van der Waals surface area contributed by atoms with Crippen LogP contribution in [0, 0.1) is 5.92 Å². The minimum Gasteiger partial charge on any atom is -0.340 e. The van der Waals surface area contributed by atoms with Gasteiger partial charge < -0.3 is 15.5 Å². The molecule has 6 nitrogen and oxygen atoms in total. The first-order valence-electron chi connectivity index (χ1n) is 9.99. The van der Waals surface area contributed by atoms with Crippen molar-refractivity contribution >= 4 is 17.4 Å². The van der Waals surface area contributed by atoms with Gasteiger partial charge in [0, 0.05) is 19.3 Å².